The molecular weight excluding hydrogens is 412 g/mol. The van der Waals surface area contributed by atoms with Crippen molar-refractivity contribution in [1.82, 2.24) is 19.9 Å². The standard InChI is InChI=1S/C25H32N8/c1-19-14-29-25(30-18-21-7-9-23(27-16-21)33-12-4-5-13-33)31-24(19)28-17-20-6-8-22(26-15-20)32-10-2-3-11-32/h6-9,14-16H,2-5,10-13,17-18H2,1H3,(H2,28,29,30,31). The normalized spacial score (nSPS) is 15.8. The van der Waals surface area contributed by atoms with Gasteiger partial charge in [-0.2, -0.15) is 4.98 Å². The number of rotatable bonds is 8. The summed E-state index contributed by atoms with van der Waals surface area (Å²) in [5.74, 6) is 3.58. The molecule has 2 aliphatic rings. The largest absolute Gasteiger partial charge is 0.366 e. The fraction of sp³-hybridized carbons (Fsp3) is 0.440. The molecule has 0 bridgehead atoms. The minimum absolute atomic E-state index is 0.606. The zero-order valence-corrected chi connectivity index (χ0v) is 19.3. The van der Waals surface area contributed by atoms with E-state index in [4.69, 9.17) is 0 Å². The van der Waals surface area contributed by atoms with E-state index in [-0.39, 0.29) is 0 Å². The quantitative estimate of drug-likeness (QED) is 0.540. The van der Waals surface area contributed by atoms with Crippen LogP contribution in [-0.2, 0) is 13.1 Å². The topological polar surface area (TPSA) is 82.1 Å². The number of nitrogens with zero attached hydrogens (tertiary/aromatic N) is 6. The molecule has 3 aromatic rings. The van der Waals surface area contributed by atoms with Gasteiger partial charge in [0.2, 0.25) is 5.95 Å². The Morgan fingerprint density at radius 3 is 1.76 bits per heavy atom. The van der Waals surface area contributed by atoms with E-state index in [2.05, 4.69) is 64.6 Å². The summed E-state index contributed by atoms with van der Waals surface area (Å²) < 4.78 is 0. The molecule has 0 unspecified atom stereocenters. The van der Waals surface area contributed by atoms with E-state index in [9.17, 15) is 0 Å². The summed E-state index contributed by atoms with van der Waals surface area (Å²) in [4.78, 5) is 23.1. The van der Waals surface area contributed by atoms with Crippen LogP contribution >= 0.6 is 0 Å². The number of nitrogens with one attached hydrogen (secondary N) is 2. The van der Waals surface area contributed by atoms with Gasteiger partial charge in [0.1, 0.15) is 17.5 Å². The summed E-state index contributed by atoms with van der Waals surface area (Å²) in [6, 6.07) is 8.49. The van der Waals surface area contributed by atoms with Gasteiger partial charge in [0, 0.05) is 63.4 Å². The van der Waals surface area contributed by atoms with Crippen molar-refractivity contribution >= 4 is 23.4 Å². The highest BCUT2D eigenvalue weighted by Gasteiger charge is 2.14. The molecule has 172 valence electrons. The van der Waals surface area contributed by atoms with Crippen molar-refractivity contribution in [3.8, 4) is 0 Å². The summed E-state index contributed by atoms with van der Waals surface area (Å²) in [6.45, 7) is 7.76. The molecule has 2 saturated heterocycles. The van der Waals surface area contributed by atoms with Gasteiger partial charge in [0.15, 0.2) is 0 Å². The van der Waals surface area contributed by atoms with Crippen LogP contribution in [0.15, 0.2) is 42.9 Å². The molecule has 2 fully saturated rings. The molecule has 8 heteroatoms. The van der Waals surface area contributed by atoms with E-state index < -0.39 is 0 Å². The van der Waals surface area contributed by atoms with Gasteiger partial charge in [-0.1, -0.05) is 12.1 Å². The zero-order valence-electron chi connectivity index (χ0n) is 19.3. The molecule has 0 amide bonds. The Hall–Kier alpha value is -3.42. The highest BCUT2D eigenvalue weighted by Crippen LogP contribution is 2.20. The number of aryl methyl sites for hydroxylation is 1. The Morgan fingerprint density at radius 2 is 1.24 bits per heavy atom. The lowest BCUT2D eigenvalue weighted by Gasteiger charge is -2.16. The Morgan fingerprint density at radius 1 is 0.697 bits per heavy atom. The van der Waals surface area contributed by atoms with Gasteiger partial charge >= 0.3 is 0 Å². The maximum absolute atomic E-state index is 4.67. The molecule has 5 heterocycles. The predicted octanol–water partition coefficient (Wildman–Crippen LogP) is 4.00. The second-order valence-corrected chi connectivity index (χ2v) is 8.87. The van der Waals surface area contributed by atoms with Crippen LogP contribution in [0, 0.1) is 6.92 Å². The van der Waals surface area contributed by atoms with Gasteiger partial charge in [0.05, 0.1) is 0 Å². The van der Waals surface area contributed by atoms with Crippen LogP contribution in [0.3, 0.4) is 0 Å². The van der Waals surface area contributed by atoms with E-state index in [0.717, 1.165) is 60.3 Å². The molecule has 0 saturated carbocycles. The average Bonchev–Trinajstić information content (AvgIpc) is 3.58. The molecule has 0 spiro atoms. The molecule has 0 aliphatic carbocycles. The summed E-state index contributed by atoms with van der Waals surface area (Å²) in [5.41, 5.74) is 3.26. The van der Waals surface area contributed by atoms with Crippen LogP contribution in [0.4, 0.5) is 23.4 Å². The SMILES string of the molecule is Cc1cnc(NCc2ccc(N3CCCC3)nc2)nc1NCc1ccc(N2CCCC2)nc1. The molecule has 3 aromatic heterocycles. The fourth-order valence-electron chi connectivity index (χ4n) is 4.38. The van der Waals surface area contributed by atoms with Crippen LogP contribution < -0.4 is 20.4 Å². The Kier molecular flexibility index (Phi) is 6.51. The van der Waals surface area contributed by atoms with Gasteiger partial charge in [-0.15, -0.1) is 0 Å². The van der Waals surface area contributed by atoms with E-state index in [1.807, 2.05) is 25.5 Å². The maximum Gasteiger partial charge on any atom is 0.224 e. The third-order valence-electron chi connectivity index (χ3n) is 6.36. The van der Waals surface area contributed by atoms with E-state index in [0.29, 0.717) is 19.0 Å². The lowest BCUT2D eigenvalue weighted by molar-refractivity contribution is 0.929. The monoisotopic (exact) mass is 444 g/mol. The van der Waals surface area contributed by atoms with Crippen molar-refractivity contribution in [1.29, 1.82) is 0 Å². The van der Waals surface area contributed by atoms with Crippen LogP contribution in [0.2, 0.25) is 0 Å². The van der Waals surface area contributed by atoms with Crippen LogP contribution in [-0.4, -0.2) is 46.1 Å². The first kappa shape index (κ1) is 21.4. The molecule has 0 aromatic carbocycles. The van der Waals surface area contributed by atoms with Gasteiger partial charge in [-0.25, -0.2) is 15.0 Å². The first-order valence-electron chi connectivity index (χ1n) is 12.0. The van der Waals surface area contributed by atoms with Crippen molar-refractivity contribution < 1.29 is 0 Å². The summed E-state index contributed by atoms with van der Waals surface area (Å²) in [7, 11) is 0. The lowest BCUT2D eigenvalue weighted by atomic mass is 10.2. The summed E-state index contributed by atoms with van der Waals surface area (Å²) in [5, 5.41) is 6.75. The second-order valence-electron chi connectivity index (χ2n) is 8.87. The van der Waals surface area contributed by atoms with Crippen molar-refractivity contribution in [3.05, 3.63) is 59.5 Å². The van der Waals surface area contributed by atoms with E-state index >= 15 is 0 Å². The molecule has 8 nitrogen and oxygen atoms in total. The number of anilines is 4. The fourth-order valence-corrected chi connectivity index (χ4v) is 4.38. The third-order valence-corrected chi connectivity index (χ3v) is 6.36. The summed E-state index contributed by atoms with van der Waals surface area (Å²) >= 11 is 0. The Bertz CT molecular complexity index is 1040. The van der Waals surface area contributed by atoms with Crippen molar-refractivity contribution in [2.45, 2.75) is 45.7 Å². The van der Waals surface area contributed by atoms with Crippen molar-refractivity contribution in [2.24, 2.45) is 0 Å². The molecule has 5 rings (SSSR count). The first-order valence-corrected chi connectivity index (χ1v) is 12.0. The van der Waals surface area contributed by atoms with Crippen molar-refractivity contribution in [2.75, 3.05) is 46.6 Å². The van der Waals surface area contributed by atoms with Crippen LogP contribution in [0.25, 0.3) is 0 Å². The molecule has 2 aliphatic heterocycles. The first-order chi connectivity index (χ1) is 16.2. The number of hydrogen-bond acceptors (Lipinski definition) is 8. The van der Waals surface area contributed by atoms with Crippen LogP contribution in [0.5, 0.6) is 0 Å². The van der Waals surface area contributed by atoms with E-state index in [1.54, 1.807) is 0 Å². The highest BCUT2D eigenvalue weighted by atomic mass is 15.2. The highest BCUT2D eigenvalue weighted by molar-refractivity contribution is 5.48. The van der Waals surface area contributed by atoms with Gasteiger partial charge < -0.3 is 20.4 Å². The van der Waals surface area contributed by atoms with Gasteiger partial charge in [-0.3, -0.25) is 0 Å². The number of aromatic nitrogens is 4. The lowest BCUT2D eigenvalue weighted by Crippen LogP contribution is -2.19. The maximum atomic E-state index is 4.67. The van der Waals surface area contributed by atoms with Gasteiger partial charge in [0.25, 0.3) is 0 Å². The minimum atomic E-state index is 0.606. The third kappa shape index (κ3) is 5.32. The molecule has 2 N–H and O–H groups in total. The average molecular weight is 445 g/mol. The number of pyridine rings is 2. The molecule has 33 heavy (non-hydrogen) atoms. The van der Waals surface area contributed by atoms with E-state index in [1.165, 1.54) is 25.7 Å². The van der Waals surface area contributed by atoms with Crippen molar-refractivity contribution in [3.63, 3.8) is 0 Å². The predicted molar refractivity (Wildman–Crippen MR) is 133 cm³/mol. The number of hydrogen-bond donors (Lipinski definition) is 2. The summed E-state index contributed by atoms with van der Waals surface area (Å²) in [6.07, 6.45) is 10.8. The second kappa shape index (κ2) is 10.0. The Labute approximate surface area is 195 Å². The zero-order chi connectivity index (χ0) is 22.5. The van der Waals surface area contributed by atoms with Gasteiger partial charge in [-0.05, 0) is 55.9 Å². The van der Waals surface area contributed by atoms with Crippen LogP contribution in [0.1, 0.15) is 42.4 Å². The molecule has 0 atom stereocenters. The minimum Gasteiger partial charge on any atom is -0.366 e. The molecular formula is C25H32N8. The molecule has 0 radical (unpaired) electrons. The smallest absolute Gasteiger partial charge is 0.224 e. The Balaban J connectivity index is 1.16.